The van der Waals surface area contributed by atoms with E-state index in [4.69, 9.17) is 4.74 Å². The third-order valence-corrected chi connectivity index (χ3v) is 7.09. The predicted octanol–water partition coefficient (Wildman–Crippen LogP) is 2.93. The molecule has 0 radical (unpaired) electrons. The standard InChI is InChI=1S/C26H34N4O6/c1-26(2,3)36-25(35)29(4)16-10-8-15(9-11-16)14-27-18-7-5-6-17-21(18)24(34)30(23(17)33)19-12-13-20(31)28-22(19)32/h5-7,15-16,19,27H,8-14H2,1-4H3,(H,28,31,32)/t15-,16-,19?. The van der Waals surface area contributed by atoms with Crippen LogP contribution in [0, 0.1) is 5.92 Å². The number of benzene rings is 1. The number of amides is 5. The van der Waals surface area contributed by atoms with Gasteiger partial charge in [-0.1, -0.05) is 6.07 Å². The molecule has 2 fully saturated rings. The second-order valence-corrected chi connectivity index (χ2v) is 10.8. The number of hydrogen-bond donors (Lipinski definition) is 2. The van der Waals surface area contributed by atoms with E-state index in [0.717, 1.165) is 30.6 Å². The van der Waals surface area contributed by atoms with Crippen molar-refractivity contribution in [1.82, 2.24) is 15.1 Å². The first-order valence-electron chi connectivity index (χ1n) is 12.5. The van der Waals surface area contributed by atoms with Gasteiger partial charge < -0.3 is 15.0 Å². The SMILES string of the molecule is CN(C(=O)OC(C)(C)C)[C@H]1CC[C@H](CNc2cccc3c2C(=O)N(C2CCC(=O)NC2=O)C3=O)CC1. The predicted molar refractivity (Wildman–Crippen MR) is 131 cm³/mol. The molecule has 4 rings (SSSR count). The molecule has 1 saturated carbocycles. The van der Waals surface area contributed by atoms with E-state index in [1.165, 1.54) is 0 Å². The van der Waals surface area contributed by atoms with E-state index >= 15 is 0 Å². The highest BCUT2D eigenvalue weighted by Gasteiger charge is 2.45. The number of carbonyl (C=O) groups excluding carboxylic acids is 5. The van der Waals surface area contributed by atoms with Gasteiger partial charge >= 0.3 is 6.09 Å². The third-order valence-electron chi connectivity index (χ3n) is 7.09. The largest absolute Gasteiger partial charge is 0.444 e. The van der Waals surface area contributed by atoms with E-state index in [9.17, 15) is 24.0 Å². The number of fused-ring (bicyclic) bond motifs is 1. The zero-order chi connectivity index (χ0) is 26.2. The minimum absolute atomic E-state index is 0.0840. The first-order chi connectivity index (χ1) is 17.0. The van der Waals surface area contributed by atoms with E-state index in [1.54, 1.807) is 30.1 Å². The molecule has 3 aliphatic rings. The molecule has 5 amide bonds. The molecule has 2 aliphatic heterocycles. The summed E-state index contributed by atoms with van der Waals surface area (Å²) in [4.78, 5) is 65.1. The third kappa shape index (κ3) is 5.22. The Morgan fingerprint density at radius 3 is 2.42 bits per heavy atom. The summed E-state index contributed by atoms with van der Waals surface area (Å²) in [7, 11) is 1.78. The van der Waals surface area contributed by atoms with Gasteiger partial charge in [-0.05, 0) is 70.9 Å². The lowest BCUT2D eigenvalue weighted by Gasteiger charge is -2.35. The molecule has 10 heteroatoms. The van der Waals surface area contributed by atoms with Crippen LogP contribution in [0.25, 0.3) is 0 Å². The van der Waals surface area contributed by atoms with E-state index < -0.39 is 35.3 Å². The Kier molecular flexibility index (Phi) is 7.06. The van der Waals surface area contributed by atoms with Crippen LogP contribution in [0.2, 0.25) is 0 Å². The Labute approximate surface area is 210 Å². The summed E-state index contributed by atoms with van der Waals surface area (Å²) in [5.74, 6) is -1.71. The number of nitrogens with zero attached hydrogens (tertiary/aromatic N) is 2. The van der Waals surface area contributed by atoms with Gasteiger partial charge in [0.2, 0.25) is 11.8 Å². The highest BCUT2D eigenvalue weighted by Crippen LogP contribution is 2.34. The maximum atomic E-state index is 13.2. The quantitative estimate of drug-likeness (QED) is 0.598. The number of piperidine rings is 1. The molecule has 0 aromatic heterocycles. The van der Waals surface area contributed by atoms with Gasteiger partial charge in [-0.3, -0.25) is 29.4 Å². The van der Waals surface area contributed by atoms with Gasteiger partial charge in [0.25, 0.3) is 11.8 Å². The fourth-order valence-electron chi connectivity index (χ4n) is 5.14. The van der Waals surface area contributed by atoms with Crippen LogP contribution in [0.3, 0.4) is 0 Å². The highest BCUT2D eigenvalue weighted by molar-refractivity contribution is 6.25. The Balaban J connectivity index is 1.36. The lowest BCUT2D eigenvalue weighted by atomic mass is 9.85. The molecule has 0 spiro atoms. The van der Waals surface area contributed by atoms with Crippen molar-refractivity contribution in [2.75, 3.05) is 18.9 Å². The summed E-state index contributed by atoms with van der Waals surface area (Å²) >= 11 is 0. The zero-order valence-corrected chi connectivity index (χ0v) is 21.3. The van der Waals surface area contributed by atoms with Crippen molar-refractivity contribution in [2.24, 2.45) is 5.92 Å². The Hall–Kier alpha value is -3.43. The molecule has 194 valence electrons. The smallest absolute Gasteiger partial charge is 0.410 e. The molecule has 0 bridgehead atoms. The van der Waals surface area contributed by atoms with Gasteiger partial charge in [-0.25, -0.2) is 4.79 Å². The molecule has 10 nitrogen and oxygen atoms in total. The van der Waals surface area contributed by atoms with Crippen molar-refractivity contribution >= 4 is 35.4 Å². The maximum Gasteiger partial charge on any atom is 0.410 e. The van der Waals surface area contributed by atoms with E-state index in [0.29, 0.717) is 18.2 Å². The topological polar surface area (TPSA) is 125 Å². The molecule has 1 aromatic rings. The average molecular weight is 499 g/mol. The maximum absolute atomic E-state index is 13.2. The molecule has 1 saturated heterocycles. The van der Waals surface area contributed by atoms with Gasteiger partial charge in [0.05, 0.1) is 11.1 Å². The summed E-state index contributed by atoms with van der Waals surface area (Å²) in [6, 6.07) is 4.20. The first-order valence-corrected chi connectivity index (χ1v) is 12.5. The Morgan fingerprint density at radius 1 is 1.08 bits per heavy atom. The van der Waals surface area contributed by atoms with Crippen LogP contribution in [0.15, 0.2) is 18.2 Å². The summed E-state index contributed by atoms with van der Waals surface area (Å²) in [5.41, 5.74) is 0.561. The van der Waals surface area contributed by atoms with Crippen LogP contribution < -0.4 is 10.6 Å². The van der Waals surface area contributed by atoms with Crippen molar-refractivity contribution in [3.05, 3.63) is 29.3 Å². The second-order valence-electron chi connectivity index (χ2n) is 10.8. The van der Waals surface area contributed by atoms with Crippen LogP contribution in [-0.4, -0.2) is 70.8 Å². The summed E-state index contributed by atoms with van der Waals surface area (Å²) in [6.45, 7) is 6.18. The zero-order valence-electron chi connectivity index (χ0n) is 21.3. The number of ether oxygens (including phenoxy) is 1. The van der Waals surface area contributed by atoms with Crippen molar-refractivity contribution in [3.8, 4) is 0 Å². The molecule has 2 heterocycles. The van der Waals surface area contributed by atoms with Crippen LogP contribution in [-0.2, 0) is 14.3 Å². The Bertz CT molecular complexity index is 1090. The monoisotopic (exact) mass is 498 g/mol. The molecule has 2 N–H and O–H groups in total. The molecule has 1 aliphatic carbocycles. The summed E-state index contributed by atoms with van der Waals surface area (Å²) in [5, 5.41) is 5.56. The van der Waals surface area contributed by atoms with Gasteiger partial charge in [0.15, 0.2) is 0 Å². The fraction of sp³-hybridized carbons (Fsp3) is 0.577. The van der Waals surface area contributed by atoms with Gasteiger partial charge in [-0.2, -0.15) is 0 Å². The number of anilines is 1. The van der Waals surface area contributed by atoms with Crippen LogP contribution in [0.1, 0.15) is 80.0 Å². The number of imide groups is 2. The number of nitrogens with one attached hydrogen (secondary N) is 2. The van der Waals surface area contributed by atoms with Crippen molar-refractivity contribution < 1.29 is 28.7 Å². The molecule has 36 heavy (non-hydrogen) atoms. The average Bonchev–Trinajstić information content (AvgIpc) is 3.07. The Morgan fingerprint density at radius 2 is 1.78 bits per heavy atom. The van der Waals surface area contributed by atoms with E-state index in [2.05, 4.69) is 10.6 Å². The highest BCUT2D eigenvalue weighted by atomic mass is 16.6. The summed E-state index contributed by atoms with van der Waals surface area (Å²) < 4.78 is 5.48. The minimum atomic E-state index is -0.986. The molecule has 1 unspecified atom stereocenters. The normalized spacial score (nSPS) is 24.3. The van der Waals surface area contributed by atoms with Gasteiger partial charge in [0, 0.05) is 31.7 Å². The second kappa shape index (κ2) is 9.91. The van der Waals surface area contributed by atoms with Crippen LogP contribution in [0.5, 0.6) is 0 Å². The van der Waals surface area contributed by atoms with Crippen molar-refractivity contribution in [3.63, 3.8) is 0 Å². The van der Waals surface area contributed by atoms with Crippen LogP contribution >= 0.6 is 0 Å². The fourth-order valence-corrected chi connectivity index (χ4v) is 5.14. The minimum Gasteiger partial charge on any atom is -0.444 e. The van der Waals surface area contributed by atoms with E-state index in [-0.39, 0.29) is 36.1 Å². The molecular weight excluding hydrogens is 464 g/mol. The van der Waals surface area contributed by atoms with Crippen molar-refractivity contribution in [1.29, 1.82) is 0 Å². The number of carbonyl (C=O) groups is 5. The number of rotatable bonds is 5. The van der Waals surface area contributed by atoms with Gasteiger partial charge in [0.1, 0.15) is 11.6 Å². The lowest BCUT2D eigenvalue weighted by molar-refractivity contribution is -0.136. The number of hydrogen-bond acceptors (Lipinski definition) is 7. The van der Waals surface area contributed by atoms with E-state index in [1.807, 2.05) is 20.8 Å². The van der Waals surface area contributed by atoms with Crippen molar-refractivity contribution in [2.45, 2.75) is 77.0 Å². The summed E-state index contributed by atoms with van der Waals surface area (Å²) in [6.07, 6.45) is 3.43. The van der Waals surface area contributed by atoms with Crippen LogP contribution in [0.4, 0.5) is 10.5 Å². The lowest BCUT2D eigenvalue weighted by Crippen LogP contribution is -2.54. The molecule has 1 aromatic carbocycles. The van der Waals surface area contributed by atoms with Gasteiger partial charge in [-0.15, -0.1) is 0 Å². The molecule has 1 atom stereocenters. The first kappa shape index (κ1) is 25.7. The molecular formula is C26H34N4O6.